The number of fused-ring (bicyclic) bond motifs is 2. The molecule has 0 aliphatic rings. The van der Waals surface area contributed by atoms with E-state index in [1.807, 2.05) is 42.5 Å². The summed E-state index contributed by atoms with van der Waals surface area (Å²) in [6.07, 6.45) is 1.56. The van der Waals surface area contributed by atoms with Crippen molar-refractivity contribution in [3.63, 3.8) is 0 Å². The first-order valence-corrected chi connectivity index (χ1v) is 8.68. The number of nitrogens with one attached hydrogen (secondary N) is 2. The van der Waals surface area contributed by atoms with Gasteiger partial charge in [0.2, 0.25) is 0 Å². The Morgan fingerprint density at radius 3 is 2.68 bits per heavy atom. The van der Waals surface area contributed by atoms with Crippen LogP contribution in [-0.4, -0.2) is 25.9 Å². The second-order valence-electron chi connectivity index (χ2n) is 6.39. The largest absolute Gasteiger partial charge is 0.339 e. The number of rotatable bonds is 3. The van der Waals surface area contributed by atoms with Crippen molar-refractivity contribution in [1.82, 2.24) is 20.0 Å². The standard InChI is InChI=1S/C21H14FN5O/c22-27-18-9-5-4-8-16(18)19(26-27)21(28)24-15-10-14-11-17(25-20(14)23-12-15)13-6-2-1-3-7-13/h1-12H,(H,23,25)(H,24,28). The number of carbonyl (C=O) groups excluding carboxylic acids is 1. The maximum Gasteiger partial charge on any atom is 0.276 e. The zero-order valence-corrected chi connectivity index (χ0v) is 14.6. The molecule has 0 spiro atoms. The molecular formula is C21H14FN5O. The summed E-state index contributed by atoms with van der Waals surface area (Å²) in [5, 5.41) is 7.76. The number of amides is 1. The minimum atomic E-state index is -0.493. The van der Waals surface area contributed by atoms with Crippen LogP contribution in [0.1, 0.15) is 10.5 Å². The smallest absolute Gasteiger partial charge is 0.276 e. The fraction of sp³-hybridized carbons (Fsp3) is 0. The van der Waals surface area contributed by atoms with E-state index in [0.29, 0.717) is 11.1 Å². The van der Waals surface area contributed by atoms with E-state index in [4.69, 9.17) is 0 Å². The van der Waals surface area contributed by atoms with Crippen molar-refractivity contribution in [2.45, 2.75) is 0 Å². The molecule has 5 rings (SSSR count). The monoisotopic (exact) mass is 371 g/mol. The molecule has 0 unspecified atom stereocenters. The number of nitrogens with zero attached hydrogens (tertiary/aromatic N) is 3. The molecule has 2 aromatic carbocycles. The molecule has 5 aromatic rings. The van der Waals surface area contributed by atoms with Crippen molar-refractivity contribution < 1.29 is 9.28 Å². The Kier molecular flexibility index (Phi) is 3.65. The van der Waals surface area contributed by atoms with Crippen LogP contribution in [0.5, 0.6) is 0 Å². The lowest BCUT2D eigenvalue weighted by Gasteiger charge is -2.03. The van der Waals surface area contributed by atoms with Crippen LogP contribution in [0, 0.1) is 0 Å². The van der Waals surface area contributed by atoms with Crippen molar-refractivity contribution in [3.05, 3.63) is 78.6 Å². The van der Waals surface area contributed by atoms with E-state index in [-0.39, 0.29) is 16.1 Å². The van der Waals surface area contributed by atoms with E-state index in [1.165, 1.54) is 0 Å². The number of aromatic nitrogens is 4. The summed E-state index contributed by atoms with van der Waals surface area (Å²) in [4.78, 5) is 20.5. The number of hydrogen-bond acceptors (Lipinski definition) is 3. The molecule has 1 amide bonds. The quantitative estimate of drug-likeness (QED) is 0.488. The zero-order valence-electron chi connectivity index (χ0n) is 14.6. The molecule has 0 radical (unpaired) electrons. The fourth-order valence-electron chi connectivity index (χ4n) is 3.25. The molecule has 0 bridgehead atoms. The number of pyridine rings is 1. The second-order valence-corrected chi connectivity index (χ2v) is 6.39. The third kappa shape index (κ3) is 2.69. The molecule has 0 atom stereocenters. The van der Waals surface area contributed by atoms with Crippen molar-refractivity contribution in [3.8, 4) is 11.3 Å². The van der Waals surface area contributed by atoms with Gasteiger partial charge in [0.1, 0.15) is 11.2 Å². The van der Waals surface area contributed by atoms with Gasteiger partial charge in [0.25, 0.3) is 5.91 Å². The van der Waals surface area contributed by atoms with E-state index in [1.54, 1.807) is 30.5 Å². The number of carbonyl (C=O) groups is 1. The summed E-state index contributed by atoms with van der Waals surface area (Å²) in [6, 6.07) is 20.3. The third-order valence-corrected chi connectivity index (χ3v) is 4.57. The van der Waals surface area contributed by atoms with Gasteiger partial charge in [-0.25, -0.2) is 4.98 Å². The highest BCUT2D eigenvalue weighted by Crippen LogP contribution is 2.25. The maximum atomic E-state index is 13.9. The summed E-state index contributed by atoms with van der Waals surface area (Å²) in [6.45, 7) is 0. The van der Waals surface area contributed by atoms with Gasteiger partial charge in [0.05, 0.1) is 11.9 Å². The van der Waals surface area contributed by atoms with Crippen molar-refractivity contribution in [2.24, 2.45) is 0 Å². The van der Waals surface area contributed by atoms with Gasteiger partial charge in [-0.3, -0.25) is 4.79 Å². The topological polar surface area (TPSA) is 75.6 Å². The Bertz CT molecular complexity index is 1320. The Hall–Kier alpha value is -4.00. The van der Waals surface area contributed by atoms with E-state index >= 15 is 0 Å². The molecule has 3 aromatic heterocycles. The van der Waals surface area contributed by atoms with Crippen molar-refractivity contribution in [2.75, 3.05) is 5.32 Å². The third-order valence-electron chi connectivity index (χ3n) is 4.57. The molecule has 7 heteroatoms. The first-order chi connectivity index (χ1) is 13.7. The molecule has 0 saturated heterocycles. The molecule has 0 saturated carbocycles. The van der Waals surface area contributed by atoms with Crippen LogP contribution in [0.2, 0.25) is 0 Å². The minimum absolute atomic E-state index is 0.0252. The molecule has 0 aliphatic carbocycles. The van der Waals surface area contributed by atoms with Crippen LogP contribution in [-0.2, 0) is 0 Å². The SMILES string of the molecule is O=C(Nc1cnc2[nH]c(-c3ccccc3)cc2c1)c1nn(F)c2ccccc12. The number of halogens is 1. The van der Waals surface area contributed by atoms with Gasteiger partial charge in [-0.15, -0.1) is 5.10 Å². The lowest BCUT2D eigenvalue weighted by atomic mass is 10.1. The van der Waals surface area contributed by atoms with E-state index in [0.717, 1.165) is 22.3 Å². The Morgan fingerprint density at radius 2 is 1.82 bits per heavy atom. The minimum Gasteiger partial charge on any atom is -0.339 e. The average Bonchev–Trinajstić information content (AvgIpc) is 3.30. The van der Waals surface area contributed by atoms with Crippen LogP contribution < -0.4 is 5.32 Å². The first-order valence-electron chi connectivity index (χ1n) is 8.68. The molecule has 28 heavy (non-hydrogen) atoms. The van der Waals surface area contributed by atoms with Gasteiger partial charge < -0.3 is 10.3 Å². The summed E-state index contributed by atoms with van der Waals surface area (Å²) < 4.78 is 13.9. The predicted octanol–water partition coefficient (Wildman–Crippen LogP) is 4.56. The molecule has 2 N–H and O–H groups in total. The van der Waals surface area contributed by atoms with Gasteiger partial charge >= 0.3 is 0 Å². The summed E-state index contributed by atoms with van der Waals surface area (Å²) in [5.41, 5.74) is 3.49. The van der Waals surface area contributed by atoms with Gasteiger partial charge in [-0.1, -0.05) is 57.9 Å². The Labute approximate surface area is 158 Å². The number of benzene rings is 2. The van der Waals surface area contributed by atoms with E-state index < -0.39 is 5.91 Å². The normalized spacial score (nSPS) is 11.2. The van der Waals surface area contributed by atoms with Crippen LogP contribution in [0.25, 0.3) is 33.2 Å². The number of hydrogen-bond donors (Lipinski definition) is 2. The predicted molar refractivity (Wildman–Crippen MR) is 106 cm³/mol. The van der Waals surface area contributed by atoms with Crippen LogP contribution >= 0.6 is 0 Å². The molecule has 136 valence electrons. The van der Waals surface area contributed by atoms with Crippen molar-refractivity contribution in [1.29, 1.82) is 0 Å². The fourth-order valence-corrected chi connectivity index (χ4v) is 3.25. The van der Waals surface area contributed by atoms with E-state index in [2.05, 4.69) is 20.4 Å². The lowest BCUT2D eigenvalue weighted by molar-refractivity contribution is 0.102. The Morgan fingerprint density at radius 1 is 1.04 bits per heavy atom. The number of aromatic amines is 1. The number of H-pyrrole nitrogens is 1. The summed E-state index contributed by atoms with van der Waals surface area (Å²) >= 11 is 0. The lowest BCUT2D eigenvalue weighted by Crippen LogP contribution is -2.13. The second kappa shape index (κ2) is 6.31. The first kappa shape index (κ1) is 16.2. The highest BCUT2D eigenvalue weighted by molar-refractivity contribution is 6.11. The van der Waals surface area contributed by atoms with Gasteiger partial charge in [0, 0.05) is 16.5 Å². The molecule has 3 heterocycles. The van der Waals surface area contributed by atoms with Crippen LogP contribution in [0.4, 0.5) is 10.2 Å². The summed E-state index contributed by atoms with van der Waals surface area (Å²) in [7, 11) is 0. The zero-order chi connectivity index (χ0) is 19.1. The van der Waals surface area contributed by atoms with Gasteiger partial charge in [-0.2, -0.15) is 0 Å². The van der Waals surface area contributed by atoms with Crippen LogP contribution in [0.15, 0.2) is 72.9 Å². The molecule has 6 nitrogen and oxygen atoms in total. The molecule has 0 fully saturated rings. The molecular weight excluding hydrogens is 357 g/mol. The van der Waals surface area contributed by atoms with E-state index in [9.17, 15) is 9.28 Å². The number of para-hydroxylation sites is 1. The number of anilines is 1. The van der Waals surface area contributed by atoms with Gasteiger partial charge in [-0.05, 0) is 23.8 Å². The van der Waals surface area contributed by atoms with Crippen molar-refractivity contribution >= 4 is 33.5 Å². The Balaban J connectivity index is 1.47. The average molecular weight is 371 g/mol. The highest BCUT2D eigenvalue weighted by Gasteiger charge is 2.17. The van der Waals surface area contributed by atoms with Crippen LogP contribution in [0.3, 0.4) is 0 Å². The maximum absolute atomic E-state index is 13.9. The highest BCUT2D eigenvalue weighted by atomic mass is 19.2. The van der Waals surface area contributed by atoms with Gasteiger partial charge in [0.15, 0.2) is 5.69 Å². The molecule has 0 aliphatic heterocycles. The summed E-state index contributed by atoms with van der Waals surface area (Å²) in [5.74, 6) is -0.493.